The molecule has 0 aliphatic carbocycles. The number of thiazole rings is 1. The average molecular weight is 255 g/mol. The molecule has 94 valence electrons. The standard InChI is InChI=1S/C11H17N3O2S/c1-9(15)14-4-3-13(6-10(16)7-14)8-11-12-2-5-17-11/h2,5,10,16H,3-4,6-8H2,1H3/t10-/m0/s1. The second-order valence-corrected chi connectivity index (χ2v) is 5.26. The molecule has 1 aliphatic rings. The lowest BCUT2D eigenvalue weighted by atomic mass is 10.3. The first-order valence-electron chi connectivity index (χ1n) is 5.69. The predicted octanol–water partition coefficient (Wildman–Crippen LogP) is 0.168. The molecule has 1 aromatic rings. The van der Waals surface area contributed by atoms with Gasteiger partial charge < -0.3 is 10.0 Å². The fourth-order valence-corrected chi connectivity index (χ4v) is 2.66. The molecule has 17 heavy (non-hydrogen) atoms. The summed E-state index contributed by atoms with van der Waals surface area (Å²) >= 11 is 1.62. The molecule has 0 unspecified atom stereocenters. The number of hydrogen-bond acceptors (Lipinski definition) is 5. The Kier molecular flexibility index (Phi) is 4.09. The predicted molar refractivity (Wildman–Crippen MR) is 65.7 cm³/mol. The van der Waals surface area contributed by atoms with Gasteiger partial charge in [0.05, 0.1) is 12.6 Å². The highest BCUT2D eigenvalue weighted by atomic mass is 32.1. The minimum Gasteiger partial charge on any atom is -0.390 e. The van der Waals surface area contributed by atoms with Gasteiger partial charge in [0.2, 0.25) is 5.91 Å². The molecule has 5 nitrogen and oxygen atoms in total. The van der Waals surface area contributed by atoms with E-state index in [1.165, 1.54) is 0 Å². The van der Waals surface area contributed by atoms with Gasteiger partial charge in [-0.05, 0) is 0 Å². The molecule has 1 N–H and O–H groups in total. The van der Waals surface area contributed by atoms with E-state index < -0.39 is 6.10 Å². The lowest BCUT2D eigenvalue weighted by molar-refractivity contribution is -0.129. The zero-order valence-corrected chi connectivity index (χ0v) is 10.7. The van der Waals surface area contributed by atoms with Crippen molar-refractivity contribution in [3.8, 4) is 0 Å². The summed E-state index contributed by atoms with van der Waals surface area (Å²) in [6.07, 6.45) is 1.32. The van der Waals surface area contributed by atoms with E-state index in [0.717, 1.165) is 18.1 Å². The highest BCUT2D eigenvalue weighted by Gasteiger charge is 2.22. The van der Waals surface area contributed by atoms with Crippen molar-refractivity contribution in [1.29, 1.82) is 0 Å². The number of hydrogen-bond donors (Lipinski definition) is 1. The quantitative estimate of drug-likeness (QED) is 0.818. The lowest BCUT2D eigenvalue weighted by Gasteiger charge is -2.19. The molecule has 6 heteroatoms. The zero-order valence-electron chi connectivity index (χ0n) is 9.87. The fourth-order valence-electron chi connectivity index (χ4n) is 2.01. The molecular weight excluding hydrogens is 238 g/mol. The topological polar surface area (TPSA) is 56.7 Å². The summed E-state index contributed by atoms with van der Waals surface area (Å²) < 4.78 is 0. The number of carbonyl (C=O) groups is 1. The highest BCUT2D eigenvalue weighted by molar-refractivity contribution is 7.09. The zero-order chi connectivity index (χ0) is 12.3. The van der Waals surface area contributed by atoms with Gasteiger partial charge in [-0.1, -0.05) is 0 Å². The summed E-state index contributed by atoms with van der Waals surface area (Å²) in [5.41, 5.74) is 0. The van der Waals surface area contributed by atoms with E-state index in [0.29, 0.717) is 19.6 Å². The Bertz CT molecular complexity index is 369. The van der Waals surface area contributed by atoms with Gasteiger partial charge in [-0.2, -0.15) is 0 Å². The molecule has 2 rings (SSSR count). The maximum Gasteiger partial charge on any atom is 0.219 e. The third-order valence-electron chi connectivity index (χ3n) is 2.87. The van der Waals surface area contributed by atoms with Crippen LogP contribution in [0, 0.1) is 0 Å². The van der Waals surface area contributed by atoms with Crippen LogP contribution in [0.15, 0.2) is 11.6 Å². The minimum absolute atomic E-state index is 0.0279. The molecule has 1 saturated heterocycles. The largest absolute Gasteiger partial charge is 0.390 e. The fraction of sp³-hybridized carbons (Fsp3) is 0.636. The highest BCUT2D eigenvalue weighted by Crippen LogP contribution is 2.11. The molecular formula is C11H17N3O2S. The Morgan fingerprint density at radius 2 is 2.41 bits per heavy atom. The number of aromatic nitrogens is 1. The van der Waals surface area contributed by atoms with Crippen LogP contribution in [0.25, 0.3) is 0 Å². The molecule has 2 heterocycles. The van der Waals surface area contributed by atoms with E-state index in [4.69, 9.17) is 0 Å². The SMILES string of the molecule is CC(=O)N1CCN(Cc2nccs2)C[C@H](O)C1. The molecule has 1 atom stereocenters. The Morgan fingerprint density at radius 3 is 3.06 bits per heavy atom. The van der Waals surface area contributed by atoms with Gasteiger partial charge in [-0.15, -0.1) is 11.3 Å². The Labute approximate surface area is 105 Å². The van der Waals surface area contributed by atoms with Gasteiger partial charge in [0.25, 0.3) is 0 Å². The van der Waals surface area contributed by atoms with Crippen LogP contribution in [0.3, 0.4) is 0 Å². The Balaban J connectivity index is 1.94. The third-order valence-corrected chi connectivity index (χ3v) is 3.64. The minimum atomic E-state index is -0.471. The van der Waals surface area contributed by atoms with Crippen molar-refractivity contribution in [2.75, 3.05) is 26.2 Å². The first kappa shape index (κ1) is 12.5. The van der Waals surface area contributed by atoms with Gasteiger partial charge in [0.1, 0.15) is 5.01 Å². The summed E-state index contributed by atoms with van der Waals surface area (Å²) in [5, 5.41) is 12.9. The van der Waals surface area contributed by atoms with Crippen LogP contribution in [0.4, 0.5) is 0 Å². The molecule has 0 bridgehead atoms. The van der Waals surface area contributed by atoms with Crippen molar-refractivity contribution in [3.05, 3.63) is 16.6 Å². The van der Waals surface area contributed by atoms with Crippen molar-refractivity contribution in [1.82, 2.24) is 14.8 Å². The number of nitrogens with zero attached hydrogens (tertiary/aromatic N) is 3. The number of carbonyl (C=O) groups excluding carboxylic acids is 1. The van der Waals surface area contributed by atoms with Crippen molar-refractivity contribution in [2.24, 2.45) is 0 Å². The van der Waals surface area contributed by atoms with Gasteiger partial charge in [-0.3, -0.25) is 9.69 Å². The molecule has 1 fully saturated rings. The smallest absolute Gasteiger partial charge is 0.219 e. The van der Waals surface area contributed by atoms with Gasteiger partial charge in [-0.25, -0.2) is 4.98 Å². The summed E-state index contributed by atoms with van der Waals surface area (Å²) in [7, 11) is 0. The van der Waals surface area contributed by atoms with Crippen molar-refractivity contribution in [3.63, 3.8) is 0 Å². The van der Waals surface area contributed by atoms with Crippen LogP contribution in [0.5, 0.6) is 0 Å². The van der Waals surface area contributed by atoms with Crippen LogP contribution in [0.1, 0.15) is 11.9 Å². The molecule has 1 aliphatic heterocycles. The average Bonchev–Trinajstić information content (AvgIpc) is 2.68. The summed E-state index contributed by atoms with van der Waals surface area (Å²) in [6, 6.07) is 0. The monoisotopic (exact) mass is 255 g/mol. The number of amides is 1. The van der Waals surface area contributed by atoms with Crippen LogP contribution >= 0.6 is 11.3 Å². The Morgan fingerprint density at radius 1 is 1.59 bits per heavy atom. The number of β-amino-alcohol motifs (C(OH)–C–C–N with tert-alkyl or cyclic N) is 1. The van der Waals surface area contributed by atoms with E-state index in [-0.39, 0.29) is 5.91 Å². The molecule has 0 saturated carbocycles. The molecule has 1 amide bonds. The molecule has 0 radical (unpaired) electrons. The van der Waals surface area contributed by atoms with E-state index in [1.807, 2.05) is 5.38 Å². The lowest BCUT2D eigenvalue weighted by Crippen LogP contribution is -2.36. The van der Waals surface area contributed by atoms with Crippen LogP contribution in [-0.4, -0.2) is 58.1 Å². The molecule has 0 aromatic carbocycles. The maximum atomic E-state index is 11.3. The van der Waals surface area contributed by atoms with Gasteiger partial charge in [0.15, 0.2) is 0 Å². The van der Waals surface area contributed by atoms with E-state index in [1.54, 1.807) is 29.4 Å². The van der Waals surface area contributed by atoms with Crippen molar-refractivity contribution >= 4 is 17.2 Å². The summed E-state index contributed by atoms with van der Waals surface area (Å²) in [6.45, 7) is 4.80. The second-order valence-electron chi connectivity index (χ2n) is 4.28. The third kappa shape index (κ3) is 3.49. The summed E-state index contributed by atoms with van der Waals surface area (Å²) in [5.74, 6) is 0.0279. The normalized spacial score (nSPS) is 22.5. The second kappa shape index (κ2) is 5.57. The summed E-state index contributed by atoms with van der Waals surface area (Å²) in [4.78, 5) is 19.4. The Hall–Kier alpha value is -0.980. The van der Waals surface area contributed by atoms with E-state index in [9.17, 15) is 9.90 Å². The first-order valence-corrected chi connectivity index (χ1v) is 6.57. The van der Waals surface area contributed by atoms with Crippen LogP contribution in [0.2, 0.25) is 0 Å². The van der Waals surface area contributed by atoms with Gasteiger partial charge in [0, 0.05) is 44.7 Å². The first-order chi connectivity index (χ1) is 8.15. The maximum absolute atomic E-state index is 11.3. The number of rotatable bonds is 2. The number of aliphatic hydroxyl groups excluding tert-OH is 1. The van der Waals surface area contributed by atoms with Crippen LogP contribution < -0.4 is 0 Å². The van der Waals surface area contributed by atoms with Crippen LogP contribution in [-0.2, 0) is 11.3 Å². The molecule has 1 aromatic heterocycles. The van der Waals surface area contributed by atoms with E-state index >= 15 is 0 Å². The van der Waals surface area contributed by atoms with Crippen molar-refractivity contribution < 1.29 is 9.90 Å². The molecule has 0 spiro atoms. The number of aliphatic hydroxyl groups is 1. The van der Waals surface area contributed by atoms with Gasteiger partial charge >= 0.3 is 0 Å². The van der Waals surface area contributed by atoms with Crippen molar-refractivity contribution in [2.45, 2.75) is 19.6 Å². The van der Waals surface area contributed by atoms with E-state index in [2.05, 4.69) is 9.88 Å².